The van der Waals surface area contributed by atoms with E-state index < -0.39 is 0 Å². The molecule has 1 aromatic carbocycles. The smallest absolute Gasteiger partial charge is 0.191 e. The fourth-order valence-corrected chi connectivity index (χ4v) is 1.76. The van der Waals surface area contributed by atoms with E-state index in [1.165, 1.54) is 25.0 Å². The van der Waals surface area contributed by atoms with E-state index in [2.05, 4.69) is 22.5 Å². The fourth-order valence-electron chi connectivity index (χ4n) is 1.76. The Kier molecular flexibility index (Phi) is 7.12. The molecule has 4 nitrogen and oxygen atoms in total. The average Bonchev–Trinajstić information content (AvgIpc) is 2.48. The number of aliphatic imine (C=N–C) groups is 1. The van der Waals surface area contributed by atoms with Crippen LogP contribution in [0.5, 0.6) is 0 Å². The number of hydrogen-bond donors (Lipinski definition) is 2. The minimum absolute atomic E-state index is 0.300. The second-order valence-corrected chi connectivity index (χ2v) is 4.48. The molecule has 0 aliphatic rings. The van der Waals surface area contributed by atoms with E-state index in [-0.39, 0.29) is 5.82 Å². The van der Waals surface area contributed by atoms with Crippen LogP contribution < -0.4 is 10.6 Å². The first kappa shape index (κ1) is 16.0. The van der Waals surface area contributed by atoms with Gasteiger partial charge in [-0.2, -0.15) is 5.26 Å². The minimum atomic E-state index is -0.321. The third-order valence-corrected chi connectivity index (χ3v) is 2.92. The number of nitrogens with one attached hydrogen (secondary N) is 2. The topological polar surface area (TPSA) is 60.2 Å². The van der Waals surface area contributed by atoms with E-state index in [1.54, 1.807) is 13.1 Å². The monoisotopic (exact) mass is 276 g/mol. The Morgan fingerprint density at radius 1 is 1.35 bits per heavy atom. The van der Waals surface area contributed by atoms with Crippen LogP contribution in [0.2, 0.25) is 0 Å². The largest absolute Gasteiger partial charge is 0.356 e. The molecule has 1 rings (SSSR count). The van der Waals surface area contributed by atoms with Gasteiger partial charge in [-0.15, -0.1) is 0 Å². The van der Waals surface area contributed by atoms with Crippen LogP contribution in [0.3, 0.4) is 0 Å². The molecule has 0 spiro atoms. The molecular formula is C15H21FN4. The highest BCUT2D eigenvalue weighted by molar-refractivity contribution is 5.79. The molecule has 0 saturated heterocycles. The highest BCUT2D eigenvalue weighted by atomic mass is 19.1. The van der Waals surface area contributed by atoms with Crippen LogP contribution in [0, 0.1) is 17.1 Å². The lowest BCUT2D eigenvalue weighted by Gasteiger charge is -2.12. The van der Waals surface area contributed by atoms with Gasteiger partial charge in [-0.05, 0) is 24.6 Å². The fraction of sp³-hybridized carbons (Fsp3) is 0.467. The van der Waals surface area contributed by atoms with Crippen molar-refractivity contribution in [2.75, 3.05) is 13.6 Å². The predicted octanol–water partition coefficient (Wildman–Crippen LogP) is 2.55. The van der Waals surface area contributed by atoms with E-state index in [0.29, 0.717) is 23.6 Å². The van der Waals surface area contributed by atoms with Gasteiger partial charge in [-0.25, -0.2) is 4.39 Å². The first-order valence-electron chi connectivity index (χ1n) is 6.84. The highest BCUT2D eigenvalue weighted by Gasteiger charge is 2.04. The zero-order valence-electron chi connectivity index (χ0n) is 12.0. The van der Waals surface area contributed by atoms with Crippen molar-refractivity contribution in [3.05, 3.63) is 35.1 Å². The van der Waals surface area contributed by atoms with Crippen LogP contribution in [-0.4, -0.2) is 19.6 Å². The van der Waals surface area contributed by atoms with Crippen molar-refractivity contribution >= 4 is 5.96 Å². The van der Waals surface area contributed by atoms with Gasteiger partial charge in [0.05, 0.1) is 11.6 Å². The molecule has 5 heteroatoms. The maximum Gasteiger partial charge on any atom is 0.191 e. The van der Waals surface area contributed by atoms with Gasteiger partial charge in [-0.1, -0.05) is 19.8 Å². The minimum Gasteiger partial charge on any atom is -0.356 e. The molecule has 0 aliphatic carbocycles. The van der Waals surface area contributed by atoms with Crippen LogP contribution in [0.25, 0.3) is 0 Å². The summed E-state index contributed by atoms with van der Waals surface area (Å²) < 4.78 is 13.6. The summed E-state index contributed by atoms with van der Waals surface area (Å²) in [7, 11) is 1.68. The van der Waals surface area contributed by atoms with Crippen molar-refractivity contribution in [2.24, 2.45) is 4.99 Å². The lowest BCUT2D eigenvalue weighted by Crippen LogP contribution is -2.37. The molecule has 0 saturated carbocycles. The predicted molar refractivity (Wildman–Crippen MR) is 78.8 cm³/mol. The Morgan fingerprint density at radius 2 is 2.15 bits per heavy atom. The molecule has 2 N–H and O–H groups in total. The van der Waals surface area contributed by atoms with Gasteiger partial charge >= 0.3 is 0 Å². The first-order chi connectivity index (χ1) is 9.71. The average molecular weight is 276 g/mol. The number of unbranched alkanes of at least 4 members (excludes halogenated alkanes) is 2. The number of rotatable bonds is 6. The Bertz CT molecular complexity index is 491. The summed E-state index contributed by atoms with van der Waals surface area (Å²) in [5.74, 6) is 0.320. The zero-order valence-corrected chi connectivity index (χ0v) is 12.0. The number of benzene rings is 1. The Balaban J connectivity index is 2.50. The summed E-state index contributed by atoms with van der Waals surface area (Å²) in [6.45, 7) is 3.29. The van der Waals surface area contributed by atoms with Crippen LogP contribution in [-0.2, 0) is 6.54 Å². The van der Waals surface area contributed by atoms with Crippen LogP contribution >= 0.6 is 0 Å². The molecule has 1 aromatic rings. The van der Waals surface area contributed by atoms with Crippen molar-refractivity contribution < 1.29 is 4.39 Å². The number of halogens is 1. The molecule has 0 bridgehead atoms. The summed E-state index contributed by atoms with van der Waals surface area (Å²) in [4.78, 5) is 4.08. The van der Waals surface area contributed by atoms with E-state index in [9.17, 15) is 4.39 Å². The van der Waals surface area contributed by atoms with Gasteiger partial charge in [0.25, 0.3) is 0 Å². The lowest BCUT2D eigenvalue weighted by atomic mass is 10.1. The second kappa shape index (κ2) is 8.92. The van der Waals surface area contributed by atoms with Crippen molar-refractivity contribution in [3.63, 3.8) is 0 Å². The molecule has 0 radical (unpaired) electrons. The second-order valence-electron chi connectivity index (χ2n) is 4.48. The molecular weight excluding hydrogens is 255 g/mol. The molecule has 20 heavy (non-hydrogen) atoms. The van der Waals surface area contributed by atoms with E-state index >= 15 is 0 Å². The van der Waals surface area contributed by atoms with Crippen LogP contribution in [0.15, 0.2) is 23.2 Å². The molecule has 0 aliphatic heterocycles. The molecule has 0 amide bonds. The van der Waals surface area contributed by atoms with E-state index in [0.717, 1.165) is 13.0 Å². The third kappa shape index (κ3) is 5.27. The SMILES string of the molecule is CCCCCNC(=NC)NCc1cc(C#N)ccc1F. The van der Waals surface area contributed by atoms with Gasteiger partial charge in [0, 0.05) is 25.7 Å². The number of nitrogens with zero attached hydrogens (tertiary/aromatic N) is 2. The highest BCUT2D eigenvalue weighted by Crippen LogP contribution is 2.09. The summed E-state index contributed by atoms with van der Waals surface area (Å²) in [6, 6.07) is 6.33. The van der Waals surface area contributed by atoms with Gasteiger partial charge in [0.15, 0.2) is 5.96 Å². The van der Waals surface area contributed by atoms with E-state index in [1.807, 2.05) is 6.07 Å². The summed E-state index contributed by atoms with van der Waals surface area (Å²) in [6.07, 6.45) is 3.41. The Hall–Kier alpha value is -2.09. The third-order valence-electron chi connectivity index (χ3n) is 2.92. The molecule has 0 unspecified atom stereocenters. The molecule has 0 aromatic heterocycles. The summed E-state index contributed by atoms with van der Waals surface area (Å²) in [5, 5.41) is 15.0. The number of guanidine groups is 1. The molecule has 0 fully saturated rings. The maximum absolute atomic E-state index is 13.6. The molecule has 0 atom stereocenters. The lowest BCUT2D eigenvalue weighted by molar-refractivity contribution is 0.603. The quantitative estimate of drug-likeness (QED) is 0.477. The first-order valence-corrected chi connectivity index (χ1v) is 6.84. The van der Waals surface area contributed by atoms with Gasteiger partial charge in [0.1, 0.15) is 5.82 Å². The molecule has 0 heterocycles. The van der Waals surface area contributed by atoms with Crippen molar-refractivity contribution in [2.45, 2.75) is 32.7 Å². The number of nitriles is 1. The summed E-state index contributed by atoms with van der Waals surface area (Å²) in [5.41, 5.74) is 0.912. The molecule has 108 valence electrons. The zero-order chi connectivity index (χ0) is 14.8. The maximum atomic E-state index is 13.6. The van der Waals surface area contributed by atoms with Gasteiger partial charge < -0.3 is 10.6 Å². The summed E-state index contributed by atoms with van der Waals surface area (Å²) >= 11 is 0. The normalized spacial score (nSPS) is 11.0. The van der Waals surface area contributed by atoms with Gasteiger partial charge in [-0.3, -0.25) is 4.99 Å². The van der Waals surface area contributed by atoms with E-state index in [4.69, 9.17) is 5.26 Å². The van der Waals surface area contributed by atoms with Crippen LogP contribution in [0.4, 0.5) is 4.39 Å². The van der Waals surface area contributed by atoms with Gasteiger partial charge in [0.2, 0.25) is 0 Å². The van der Waals surface area contributed by atoms with Crippen molar-refractivity contribution in [1.82, 2.24) is 10.6 Å². The number of hydrogen-bond acceptors (Lipinski definition) is 2. The van der Waals surface area contributed by atoms with Crippen LogP contribution in [0.1, 0.15) is 37.3 Å². The van der Waals surface area contributed by atoms with Crippen molar-refractivity contribution in [3.8, 4) is 6.07 Å². The Morgan fingerprint density at radius 3 is 2.80 bits per heavy atom. The standard InChI is InChI=1S/C15H21FN4/c1-3-4-5-8-19-15(18-2)20-11-13-9-12(10-17)6-7-14(13)16/h6-7,9H,3-5,8,11H2,1-2H3,(H2,18,19,20). The van der Waals surface area contributed by atoms with Crippen molar-refractivity contribution in [1.29, 1.82) is 5.26 Å². The Labute approximate surface area is 119 Å².